The van der Waals surface area contributed by atoms with E-state index in [2.05, 4.69) is 241 Å². The summed E-state index contributed by atoms with van der Waals surface area (Å²) in [5.41, 5.74) is 16.9. The molecule has 0 unspecified atom stereocenters. The van der Waals surface area contributed by atoms with E-state index < -0.39 is 0 Å². The molecule has 2 heteroatoms. The number of nitrogens with zero attached hydrogens (tertiary/aromatic N) is 1. The second kappa shape index (κ2) is 15.1. The molecular formula is C58H39NO. The summed E-state index contributed by atoms with van der Waals surface area (Å²) in [6.45, 7) is 0. The van der Waals surface area contributed by atoms with Crippen molar-refractivity contribution in [3.05, 3.63) is 237 Å². The number of hydrogen-bond acceptors (Lipinski definition) is 2. The number of anilines is 3. The van der Waals surface area contributed by atoms with Crippen LogP contribution in [0.15, 0.2) is 241 Å². The molecule has 0 saturated heterocycles. The number of hydrogen-bond donors (Lipinski definition) is 0. The van der Waals surface area contributed by atoms with Crippen molar-refractivity contribution < 1.29 is 4.42 Å². The third-order valence-corrected chi connectivity index (χ3v) is 11.7. The highest BCUT2D eigenvalue weighted by molar-refractivity contribution is 6.19. The van der Waals surface area contributed by atoms with Crippen molar-refractivity contribution in [3.63, 3.8) is 0 Å². The Balaban J connectivity index is 1.01. The molecule has 0 atom stereocenters. The van der Waals surface area contributed by atoms with Crippen LogP contribution in [0.3, 0.4) is 0 Å². The first-order valence-electron chi connectivity index (χ1n) is 20.5. The van der Waals surface area contributed by atoms with Crippen LogP contribution in [0.4, 0.5) is 17.1 Å². The van der Waals surface area contributed by atoms with Gasteiger partial charge in [0, 0.05) is 33.1 Å². The molecule has 1 aromatic heterocycles. The molecule has 1 heterocycles. The summed E-state index contributed by atoms with van der Waals surface area (Å²) in [6.07, 6.45) is 0. The van der Waals surface area contributed by atoms with Gasteiger partial charge in [0.25, 0.3) is 0 Å². The molecule has 0 aliphatic heterocycles. The fourth-order valence-electron chi connectivity index (χ4n) is 8.71. The van der Waals surface area contributed by atoms with Crippen molar-refractivity contribution in [2.75, 3.05) is 4.90 Å². The minimum absolute atomic E-state index is 0.895. The summed E-state index contributed by atoms with van der Waals surface area (Å²) < 4.78 is 6.56. The maximum absolute atomic E-state index is 6.56. The zero-order valence-corrected chi connectivity index (χ0v) is 32.9. The molecule has 0 aliphatic carbocycles. The van der Waals surface area contributed by atoms with E-state index in [1.54, 1.807) is 0 Å². The normalized spacial score (nSPS) is 11.3. The molecule has 0 fully saturated rings. The van der Waals surface area contributed by atoms with Gasteiger partial charge in [-0.15, -0.1) is 0 Å². The van der Waals surface area contributed by atoms with Gasteiger partial charge in [0.1, 0.15) is 11.2 Å². The predicted molar refractivity (Wildman–Crippen MR) is 253 cm³/mol. The van der Waals surface area contributed by atoms with Crippen molar-refractivity contribution in [2.24, 2.45) is 0 Å². The summed E-state index contributed by atoms with van der Waals surface area (Å²) in [7, 11) is 0. The summed E-state index contributed by atoms with van der Waals surface area (Å²) >= 11 is 0. The molecule has 11 aromatic rings. The first kappa shape index (κ1) is 35.2. The Bertz CT molecular complexity index is 3270. The summed E-state index contributed by atoms with van der Waals surface area (Å²) in [5.74, 6) is 0. The highest BCUT2D eigenvalue weighted by atomic mass is 16.3. The third-order valence-electron chi connectivity index (χ3n) is 11.7. The molecule has 10 aromatic carbocycles. The molecule has 0 radical (unpaired) electrons. The average molecular weight is 766 g/mol. The molecule has 0 aliphatic rings. The standard InChI is InChI=1S/C58H39NO/c1-3-13-40(14-4-1)42-25-27-45(28-26-42)51-20-9-10-23-55(51)59(49-34-29-43(30-35-49)48-19-11-18-47(39-48)41-15-5-2-6-16-41)50-36-31-46(32-37-50)52-22-12-24-56-57(52)54-38-33-44-17-7-8-21-53(44)58(54)60-56/h1-39H. The van der Waals surface area contributed by atoms with E-state index in [1.807, 2.05) is 0 Å². The quantitative estimate of drug-likeness (QED) is 0.153. The number of benzene rings is 10. The molecule has 11 rings (SSSR count). The molecule has 60 heavy (non-hydrogen) atoms. The lowest BCUT2D eigenvalue weighted by Crippen LogP contribution is -2.11. The van der Waals surface area contributed by atoms with Crippen LogP contribution < -0.4 is 4.90 Å². The molecule has 0 bridgehead atoms. The molecule has 0 amide bonds. The van der Waals surface area contributed by atoms with Gasteiger partial charge in [0.15, 0.2) is 0 Å². The summed E-state index contributed by atoms with van der Waals surface area (Å²) in [5, 5.41) is 4.58. The number of rotatable bonds is 8. The molecular weight excluding hydrogens is 727 g/mol. The SMILES string of the molecule is c1ccc(-c2ccc(-c3ccccc3N(c3ccc(-c4cccc(-c5ccccc5)c4)cc3)c3ccc(-c4cccc5oc6c7ccccc7ccc6c45)cc3)cc2)cc1. The Morgan fingerprint density at radius 3 is 1.50 bits per heavy atom. The number of furan rings is 1. The van der Waals surface area contributed by atoms with Gasteiger partial charge in [-0.25, -0.2) is 0 Å². The molecule has 2 nitrogen and oxygen atoms in total. The number of para-hydroxylation sites is 1. The third kappa shape index (κ3) is 6.41. The maximum atomic E-state index is 6.56. The van der Waals surface area contributed by atoms with E-state index in [4.69, 9.17) is 4.42 Å². The lowest BCUT2D eigenvalue weighted by atomic mass is 9.96. The Morgan fingerprint density at radius 2 is 0.783 bits per heavy atom. The van der Waals surface area contributed by atoms with E-state index in [9.17, 15) is 0 Å². The van der Waals surface area contributed by atoms with Gasteiger partial charge in [0.2, 0.25) is 0 Å². The van der Waals surface area contributed by atoms with Gasteiger partial charge in [-0.05, 0) is 104 Å². The molecule has 0 N–H and O–H groups in total. The van der Waals surface area contributed by atoms with Crippen LogP contribution in [0.5, 0.6) is 0 Å². The van der Waals surface area contributed by atoms with Crippen LogP contribution in [0.2, 0.25) is 0 Å². The van der Waals surface area contributed by atoms with E-state index in [1.165, 1.54) is 38.8 Å². The molecule has 0 spiro atoms. The predicted octanol–water partition coefficient (Wildman–Crippen LogP) is 16.5. The van der Waals surface area contributed by atoms with Gasteiger partial charge in [0.05, 0.1) is 5.69 Å². The monoisotopic (exact) mass is 765 g/mol. The van der Waals surface area contributed by atoms with Gasteiger partial charge in [-0.2, -0.15) is 0 Å². The number of fused-ring (bicyclic) bond motifs is 5. The lowest BCUT2D eigenvalue weighted by molar-refractivity contribution is 0.673. The van der Waals surface area contributed by atoms with Gasteiger partial charge in [-0.3, -0.25) is 0 Å². The first-order chi connectivity index (χ1) is 29.7. The van der Waals surface area contributed by atoms with E-state index in [0.717, 1.165) is 66.6 Å². The second-order valence-corrected chi connectivity index (χ2v) is 15.3. The molecule has 0 saturated carbocycles. The largest absolute Gasteiger partial charge is 0.455 e. The second-order valence-electron chi connectivity index (χ2n) is 15.3. The first-order valence-corrected chi connectivity index (χ1v) is 20.5. The van der Waals surface area contributed by atoms with Gasteiger partial charge < -0.3 is 9.32 Å². The van der Waals surface area contributed by atoms with Gasteiger partial charge in [-0.1, -0.05) is 188 Å². The fraction of sp³-hybridized carbons (Fsp3) is 0. The zero-order valence-electron chi connectivity index (χ0n) is 32.9. The van der Waals surface area contributed by atoms with Crippen molar-refractivity contribution in [1.29, 1.82) is 0 Å². The van der Waals surface area contributed by atoms with Crippen LogP contribution in [0, 0.1) is 0 Å². The Hall–Kier alpha value is -7.94. The van der Waals surface area contributed by atoms with Crippen LogP contribution in [-0.2, 0) is 0 Å². The van der Waals surface area contributed by atoms with E-state index in [0.29, 0.717) is 0 Å². The van der Waals surface area contributed by atoms with Crippen LogP contribution in [0.1, 0.15) is 0 Å². The van der Waals surface area contributed by atoms with E-state index in [-0.39, 0.29) is 0 Å². The highest BCUT2D eigenvalue weighted by Crippen LogP contribution is 2.44. The minimum Gasteiger partial charge on any atom is -0.455 e. The molecule has 282 valence electrons. The van der Waals surface area contributed by atoms with E-state index >= 15 is 0 Å². The van der Waals surface area contributed by atoms with Crippen molar-refractivity contribution in [1.82, 2.24) is 0 Å². The maximum Gasteiger partial charge on any atom is 0.143 e. The van der Waals surface area contributed by atoms with Crippen molar-refractivity contribution >= 4 is 49.8 Å². The van der Waals surface area contributed by atoms with Gasteiger partial charge >= 0.3 is 0 Å². The van der Waals surface area contributed by atoms with Crippen LogP contribution in [-0.4, -0.2) is 0 Å². The van der Waals surface area contributed by atoms with Crippen molar-refractivity contribution in [2.45, 2.75) is 0 Å². The lowest BCUT2D eigenvalue weighted by Gasteiger charge is -2.28. The Morgan fingerprint density at radius 1 is 0.300 bits per heavy atom. The Labute approximate surface area is 349 Å². The van der Waals surface area contributed by atoms with Crippen LogP contribution in [0.25, 0.3) is 88.3 Å². The minimum atomic E-state index is 0.895. The van der Waals surface area contributed by atoms with Crippen molar-refractivity contribution in [3.8, 4) is 55.6 Å². The highest BCUT2D eigenvalue weighted by Gasteiger charge is 2.19. The topological polar surface area (TPSA) is 16.4 Å². The summed E-state index contributed by atoms with van der Waals surface area (Å²) in [4.78, 5) is 2.38. The Kier molecular flexibility index (Phi) is 8.87. The smallest absolute Gasteiger partial charge is 0.143 e. The fourth-order valence-corrected chi connectivity index (χ4v) is 8.71. The zero-order chi connectivity index (χ0) is 39.8. The van der Waals surface area contributed by atoms with Crippen LogP contribution >= 0.6 is 0 Å². The summed E-state index contributed by atoms with van der Waals surface area (Å²) in [6, 6.07) is 84.8. The average Bonchev–Trinajstić information content (AvgIpc) is 3.73.